The van der Waals surface area contributed by atoms with Crippen molar-refractivity contribution in [2.75, 3.05) is 0 Å². The maximum absolute atomic E-state index is 2.28. The lowest BCUT2D eigenvalue weighted by atomic mass is 10.0. The van der Waals surface area contributed by atoms with Crippen molar-refractivity contribution in [1.29, 1.82) is 0 Å². The summed E-state index contributed by atoms with van der Waals surface area (Å²) < 4.78 is 0. The Morgan fingerprint density at radius 1 is 0.700 bits per heavy atom. The van der Waals surface area contributed by atoms with E-state index in [1.54, 1.807) is 0 Å². The number of aryl methyl sites for hydroxylation is 3. The van der Waals surface area contributed by atoms with Gasteiger partial charge in [-0.15, -0.1) is 0 Å². The van der Waals surface area contributed by atoms with E-state index in [0.717, 1.165) is 12.8 Å². The molecule has 0 heteroatoms. The van der Waals surface area contributed by atoms with Crippen molar-refractivity contribution in [3.05, 3.63) is 76.9 Å². The third-order valence-electron chi connectivity index (χ3n) is 3.60. The molecule has 0 amide bonds. The molecule has 0 aromatic heterocycles. The van der Waals surface area contributed by atoms with Gasteiger partial charge in [0.2, 0.25) is 0 Å². The van der Waals surface area contributed by atoms with Crippen LogP contribution in [-0.4, -0.2) is 0 Å². The summed E-state index contributed by atoms with van der Waals surface area (Å²) in [5, 5.41) is 0. The van der Waals surface area contributed by atoms with E-state index in [1.807, 2.05) is 0 Å². The fourth-order valence-electron chi connectivity index (χ4n) is 2.44. The van der Waals surface area contributed by atoms with Gasteiger partial charge in [0.1, 0.15) is 0 Å². The van der Waals surface area contributed by atoms with Gasteiger partial charge in [0.25, 0.3) is 0 Å². The highest BCUT2D eigenvalue weighted by Crippen LogP contribution is 2.12. The molecule has 0 aliphatic rings. The summed E-state index contributed by atoms with van der Waals surface area (Å²) >= 11 is 0. The molecule has 0 atom stereocenters. The maximum Gasteiger partial charge on any atom is -0.0238 e. The van der Waals surface area contributed by atoms with Gasteiger partial charge < -0.3 is 0 Å². The molecule has 0 heterocycles. The van der Waals surface area contributed by atoms with Crippen LogP contribution in [0.5, 0.6) is 0 Å². The number of rotatable bonds is 6. The van der Waals surface area contributed by atoms with E-state index in [0.29, 0.717) is 0 Å². The van der Waals surface area contributed by atoms with Crippen molar-refractivity contribution in [3.63, 3.8) is 0 Å². The third-order valence-corrected chi connectivity index (χ3v) is 3.60. The number of hydrogen-bond acceptors (Lipinski definition) is 0. The van der Waals surface area contributed by atoms with Crippen molar-refractivity contribution in [2.24, 2.45) is 0 Å². The van der Waals surface area contributed by atoms with Crippen LogP contribution in [0.15, 0.2) is 54.6 Å². The average Bonchev–Trinajstić information content (AvgIpc) is 2.49. The van der Waals surface area contributed by atoms with Crippen LogP contribution in [0.4, 0.5) is 0 Å². The Kier molecular flexibility index (Phi) is 5.61. The molecule has 0 fully saturated rings. The van der Waals surface area contributed by atoms with Gasteiger partial charge in [0.15, 0.2) is 0 Å². The molecule has 0 bridgehead atoms. The molecule has 0 spiro atoms. The molecule has 104 valence electrons. The number of benzene rings is 2. The molecule has 0 N–H and O–H groups in total. The van der Waals surface area contributed by atoms with Crippen LogP contribution in [0.25, 0.3) is 6.08 Å². The topological polar surface area (TPSA) is 0 Å². The first kappa shape index (κ1) is 14.6. The van der Waals surface area contributed by atoms with E-state index >= 15 is 0 Å². The SMILES string of the molecule is CC=Cc1ccc(CCc2ccc(CCC)cc2)cc1. The summed E-state index contributed by atoms with van der Waals surface area (Å²) in [6.07, 6.45) is 8.85. The molecule has 0 nitrogen and oxygen atoms in total. The second-order valence-corrected chi connectivity index (χ2v) is 5.31. The van der Waals surface area contributed by atoms with E-state index in [1.165, 1.54) is 35.1 Å². The van der Waals surface area contributed by atoms with Gasteiger partial charge in [-0.25, -0.2) is 0 Å². The maximum atomic E-state index is 2.28. The average molecular weight is 264 g/mol. The summed E-state index contributed by atoms with van der Waals surface area (Å²) in [7, 11) is 0. The normalized spacial score (nSPS) is 11.1. The molecular formula is C20H24. The number of allylic oxidation sites excluding steroid dienone is 1. The molecule has 0 radical (unpaired) electrons. The van der Waals surface area contributed by atoms with Crippen LogP contribution in [0.3, 0.4) is 0 Å². The Morgan fingerprint density at radius 2 is 1.15 bits per heavy atom. The largest absolute Gasteiger partial charge is 0.0871 e. The van der Waals surface area contributed by atoms with Crippen LogP contribution in [0, 0.1) is 0 Å². The van der Waals surface area contributed by atoms with E-state index in [2.05, 4.69) is 74.5 Å². The molecule has 0 saturated carbocycles. The summed E-state index contributed by atoms with van der Waals surface area (Å²) in [6, 6.07) is 18.0. The Balaban J connectivity index is 1.91. The highest BCUT2D eigenvalue weighted by atomic mass is 14.0. The van der Waals surface area contributed by atoms with Gasteiger partial charge >= 0.3 is 0 Å². The molecule has 0 aliphatic carbocycles. The fraction of sp³-hybridized carbons (Fsp3) is 0.300. The van der Waals surface area contributed by atoms with Gasteiger partial charge in [-0.3, -0.25) is 0 Å². The van der Waals surface area contributed by atoms with Crippen molar-refractivity contribution < 1.29 is 0 Å². The van der Waals surface area contributed by atoms with Crippen molar-refractivity contribution in [1.82, 2.24) is 0 Å². The first-order valence-corrected chi connectivity index (χ1v) is 7.61. The third kappa shape index (κ3) is 4.38. The van der Waals surface area contributed by atoms with E-state index in [4.69, 9.17) is 0 Å². The lowest BCUT2D eigenvalue weighted by molar-refractivity contribution is 0.914. The Labute approximate surface area is 123 Å². The van der Waals surface area contributed by atoms with Crippen LogP contribution in [-0.2, 0) is 19.3 Å². The molecule has 0 aliphatic heterocycles. The van der Waals surface area contributed by atoms with Gasteiger partial charge in [-0.1, -0.05) is 74.0 Å². The summed E-state index contributed by atoms with van der Waals surface area (Å²) in [4.78, 5) is 0. The van der Waals surface area contributed by atoms with E-state index in [-0.39, 0.29) is 0 Å². The van der Waals surface area contributed by atoms with Gasteiger partial charge in [-0.2, -0.15) is 0 Å². The fourth-order valence-corrected chi connectivity index (χ4v) is 2.44. The smallest absolute Gasteiger partial charge is 0.0238 e. The predicted molar refractivity (Wildman–Crippen MR) is 89.0 cm³/mol. The zero-order valence-corrected chi connectivity index (χ0v) is 12.6. The first-order valence-electron chi connectivity index (χ1n) is 7.61. The zero-order chi connectivity index (χ0) is 14.2. The minimum absolute atomic E-state index is 1.11. The quantitative estimate of drug-likeness (QED) is 0.650. The van der Waals surface area contributed by atoms with Gasteiger partial charge in [0.05, 0.1) is 0 Å². The standard InChI is InChI=1S/C20H24/c1-3-5-17-7-11-19(12-8-17)15-16-20-13-9-18(6-4-2)10-14-20/h3,5,7-14H,4,6,15-16H2,1-2H3. The summed E-state index contributed by atoms with van der Waals surface area (Å²) in [5.41, 5.74) is 5.57. The van der Waals surface area contributed by atoms with E-state index < -0.39 is 0 Å². The van der Waals surface area contributed by atoms with Crippen LogP contribution in [0.1, 0.15) is 42.5 Å². The van der Waals surface area contributed by atoms with Crippen molar-refractivity contribution >= 4 is 6.08 Å². The van der Waals surface area contributed by atoms with Gasteiger partial charge in [0, 0.05) is 0 Å². The number of hydrogen-bond donors (Lipinski definition) is 0. The lowest BCUT2D eigenvalue weighted by Crippen LogP contribution is -1.92. The Hall–Kier alpha value is -1.82. The Morgan fingerprint density at radius 3 is 1.60 bits per heavy atom. The highest BCUT2D eigenvalue weighted by Gasteiger charge is 1.97. The molecular weight excluding hydrogens is 240 g/mol. The monoisotopic (exact) mass is 264 g/mol. The molecule has 2 aromatic rings. The minimum atomic E-state index is 1.11. The van der Waals surface area contributed by atoms with Gasteiger partial charge in [-0.05, 0) is 48.4 Å². The second kappa shape index (κ2) is 7.69. The molecule has 0 unspecified atom stereocenters. The summed E-state index contributed by atoms with van der Waals surface area (Å²) in [5.74, 6) is 0. The predicted octanol–water partition coefficient (Wildman–Crippen LogP) is 5.46. The first-order chi connectivity index (χ1) is 9.81. The molecule has 0 saturated heterocycles. The lowest BCUT2D eigenvalue weighted by Gasteiger charge is -2.05. The van der Waals surface area contributed by atoms with Crippen molar-refractivity contribution in [3.8, 4) is 0 Å². The van der Waals surface area contributed by atoms with Crippen LogP contribution >= 0.6 is 0 Å². The van der Waals surface area contributed by atoms with Crippen LogP contribution < -0.4 is 0 Å². The summed E-state index contributed by atoms with van der Waals surface area (Å²) in [6.45, 7) is 4.28. The van der Waals surface area contributed by atoms with E-state index in [9.17, 15) is 0 Å². The molecule has 2 aromatic carbocycles. The highest BCUT2D eigenvalue weighted by molar-refractivity contribution is 5.49. The zero-order valence-electron chi connectivity index (χ0n) is 12.6. The van der Waals surface area contributed by atoms with Crippen LogP contribution in [0.2, 0.25) is 0 Å². The second-order valence-electron chi connectivity index (χ2n) is 5.31. The van der Waals surface area contributed by atoms with Crippen molar-refractivity contribution in [2.45, 2.75) is 39.5 Å². The molecule has 2 rings (SSSR count). The molecule has 20 heavy (non-hydrogen) atoms. The minimum Gasteiger partial charge on any atom is -0.0871 e. The Bertz CT molecular complexity index is 529.